The molecular weight excluding hydrogens is 386 g/mol. The second-order valence-corrected chi connectivity index (χ2v) is 7.22. The molecule has 6 rings (SSSR count). The largest absolute Gasteiger partial charge is 0.437 e. The fourth-order valence-electron chi connectivity index (χ4n) is 3.77. The van der Waals surface area contributed by atoms with Crippen LogP contribution in [0.25, 0.3) is 45.3 Å². The van der Waals surface area contributed by atoms with Gasteiger partial charge in [0.25, 0.3) is 11.0 Å². The first kappa shape index (κ1) is 17.5. The van der Waals surface area contributed by atoms with Crippen LogP contribution in [0.5, 0.6) is 0 Å². The summed E-state index contributed by atoms with van der Waals surface area (Å²) in [7, 11) is 0. The van der Waals surface area contributed by atoms with Crippen LogP contribution in [0.2, 0.25) is 0 Å². The third-order valence-corrected chi connectivity index (χ3v) is 5.21. The predicted octanol–water partition coefficient (Wildman–Crippen LogP) is 4.92. The molecule has 3 aromatic heterocycles. The molecule has 0 bridgehead atoms. The van der Waals surface area contributed by atoms with Crippen molar-refractivity contribution >= 4 is 45.3 Å². The minimum Gasteiger partial charge on any atom is -0.437 e. The second-order valence-electron chi connectivity index (χ2n) is 7.22. The Morgan fingerprint density at radius 2 is 1.58 bits per heavy atom. The van der Waals surface area contributed by atoms with Crippen LogP contribution in [-0.2, 0) is 0 Å². The third kappa shape index (κ3) is 3.13. The number of allylic oxidation sites excluding steroid dienone is 1. The maximum atomic E-state index is 6.15. The molecule has 0 aliphatic carbocycles. The summed E-state index contributed by atoms with van der Waals surface area (Å²) in [6, 6.07) is 28.1. The fourth-order valence-corrected chi connectivity index (χ4v) is 3.77. The van der Waals surface area contributed by atoms with Crippen LogP contribution in [0, 0.1) is 5.49 Å². The molecule has 5 nitrogen and oxygen atoms in total. The summed E-state index contributed by atoms with van der Waals surface area (Å²) in [5, 5.41) is 1.15. The van der Waals surface area contributed by atoms with Gasteiger partial charge < -0.3 is 8.83 Å². The van der Waals surface area contributed by atoms with Gasteiger partial charge in [-0.1, -0.05) is 42.5 Å². The number of pyridine rings is 1. The van der Waals surface area contributed by atoms with E-state index in [-0.39, 0.29) is 0 Å². The van der Waals surface area contributed by atoms with Gasteiger partial charge in [0.2, 0.25) is 5.89 Å². The minimum atomic E-state index is 0.553. The first-order valence-electron chi connectivity index (χ1n) is 10.1. The van der Waals surface area contributed by atoms with Gasteiger partial charge in [-0.05, 0) is 42.5 Å². The van der Waals surface area contributed by atoms with Gasteiger partial charge >= 0.3 is 0 Å². The lowest BCUT2D eigenvalue weighted by Crippen LogP contribution is -2.35. The molecule has 0 radical (unpaired) electrons. The highest BCUT2D eigenvalue weighted by Gasteiger charge is 2.08. The Kier molecular flexibility index (Phi) is 4.03. The smallest absolute Gasteiger partial charge is 0.295 e. The summed E-state index contributed by atoms with van der Waals surface area (Å²) in [4.78, 5) is 8.00. The Bertz CT molecular complexity index is 1720. The zero-order valence-corrected chi connectivity index (χ0v) is 16.5. The topological polar surface area (TPSA) is 60.9 Å². The zero-order valence-electron chi connectivity index (χ0n) is 16.5. The molecular formula is C26H18N3O2+. The van der Waals surface area contributed by atoms with Gasteiger partial charge in [-0.2, -0.15) is 4.24 Å². The SMILES string of the molecule is C(=Cc1nc2ccccc2o1)C=c1oc2ccccc2[n+]1=c1ccc2ccccc2[nH]1. The molecule has 0 spiro atoms. The molecule has 148 valence electrons. The molecule has 0 saturated heterocycles. The monoisotopic (exact) mass is 404 g/mol. The van der Waals surface area contributed by atoms with Crippen LogP contribution in [0.15, 0.2) is 99.8 Å². The summed E-state index contributed by atoms with van der Waals surface area (Å²) in [6.07, 6.45) is 5.64. The summed E-state index contributed by atoms with van der Waals surface area (Å²) in [6.45, 7) is 0. The van der Waals surface area contributed by atoms with Gasteiger partial charge in [0.05, 0.1) is 0 Å². The van der Waals surface area contributed by atoms with Crippen molar-refractivity contribution in [2.45, 2.75) is 0 Å². The molecule has 0 aliphatic rings. The van der Waals surface area contributed by atoms with Crippen LogP contribution < -0.4 is 9.79 Å². The fraction of sp³-hybridized carbons (Fsp3) is 0. The van der Waals surface area contributed by atoms with Crippen molar-refractivity contribution in [1.82, 2.24) is 9.97 Å². The van der Waals surface area contributed by atoms with E-state index in [0.717, 1.165) is 38.6 Å². The van der Waals surface area contributed by atoms with E-state index < -0.39 is 0 Å². The number of H-pyrrole nitrogens is 1. The number of hydrogen-bond donors (Lipinski definition) is 1. The van der Waals surface area contributed by atoms with Gasteiger partial charge in [0.15, 0.2) is 16.7 Å². The Morgan fingerprint density at radius 3 is 2.52 bits per heavy atom. The molecule has 1 N–H and O–H groups in total. The number of oxazole rings is 2. The third-order valence-electron chi connectivity index (χ3n) is 5.21. The van der Waals surface area contributed by atoms with Crippen LogP contribution >= 0.6 is 0 Å². The van der Waals surface area contributed by atoms with Gasteiger partial charge in [-0.15, -0.1) is 0 Å². The molecule has 0 amide bonds. The average molecular weight is 404 g/mol. The first-order valence-corrected chi connectivity index (χ1v) is 10.1. The Hall–Kier alpha value is -4.38. The average Bonchev–Trinajstić information content (AvgIpc) is 3.39. The van der Waals surface area contributed by atoms with E-state index in [4.69, 9.17) is 8.83 Å². The van der Waals surface area contributed by atoms with E-state index in [9.17, 15) is 0 Å². The van der Waals surface area contributed by atoms with Gasteiger partial charge in [-0.25, -0.2) is 9.97 Å². The van der Waals surface area contributed by atoms with Crippen LogP contribution in [0.4, 0.5) is 0 Å². The van der Waals surface area contributed by atoms with E-state index in [1.165, 1.54) is 0 Å². The molecule has 5 heteroatoms. The highest BCUT2D eigenvalue weighted by Crippen LogP contribution is 2.15. The quantitative estimate of drug-likeness (QED) is 0.417. The zero-order chi connectivity index (χ0) is 20.6. The first-order chi connectivity index (χ1) is 15.3. The molecule has 0 aliphatic heterocycles. The van der Waals surface area contributed by atoms with Crippen LogP contribution in [0.1, 0.15) is 5.89 Å². The van der Waals surface area contributed by atoms with E-state index >= 15 is 0 Å². The molecule has 31 heavy (non-hydrogen) atoms. The number of aromatic amines is 1. The molecule has 3 aromatic carbocycles. The number of aromatic nitrogens is 3. The van der Waals surface area contributed by atoms with Crippen molar-refractivity contribution in [3.8, 4) is 0 Å². The van der Waals surface area contributed by atoms with Crippen molar-refractivity contribution in [2.75, 3.05) is 0 Å². The Labute approximate surface area is 176 Å². The molecule has 0 atom stereocenters. The Balaban J connectivity index is 1.58. The lowest BCUT2D eigenvalue weighted by Gasteiger charge is -1.91. The molecule has 0 unspecified atom stereocenters. The summed E-state index contributed by atoms with van der Waals surface area (Å²) in [5.74, 6) is 0.553. The maximum absolute atomic E-state index is 6.15. The number of benzene rings is 3. The molecule has 3 heterocycles. The van der Waals surface area contributed by atoms with E-state index in [2.05, 4.69) is 38.5 Å². The van der Waals surface area contributed by atoms with E-state index in [1.54, 1.807) is 0 Å². The van der Waals surface area contributed by atoms with Gasteiger partial charge in [0.1, 0.15) is 11.0 Å². The number of nitrogens with one attached hydrogen (secondary N) is 1. The number of fused-ring (bicyclic) bond motifs is 3. The second kappa shape index (κ2) is 7.15. The van der Waals surface area contributed by atoms with Crippen LogP contribution in [-0.4, -0.2) is 9.97 Å². The highest BCUT2D eigenvalue weighted by molar-refractivity contribution is 5.78. The maximum Gasteiger partial charge on any atom is 0.295 e. The number of para-hydroxylation sites is 5. The predicted molar refractivity (Wildman–Crippen MR) is 120 cm³/mol. The number of rotatable bonds is 2. The van der Waals surface area contributed by atoms with Crippen LogP contribution in [0.3, 0.4) is 0 Å². The number of nitrogens with zero attached hydrogens (tertiary/aromatic N) is 2. The van der Waals surface area contributed by atoms with Gasteiger partial charge in [-0.3, -0.25) is 0 Å². The Morgan fingerprint density at radius 1 is 0.774 bits per heavy atom. The number of hydrogen-bond acceptors (Lipinski definition) is 3. The summed E-state index contributed by atoms with van der Waals surface area (Å²) in [5.41, 5.74) is 6.08. The van der Waals surface area contributed by atoms with Crippen molar-refractivity contribution < 1.29 is 13.1 Å². The summed E-state index contributed by atoms with van der Waals surface area (Å²) < 4.78 is 14.0. The normalized spacial score (nSPS) is 13.7. The summed E-state index contributed by atoms with van der Waals surface area (Å²) >= 11 is 0. The lowest BCUT2D eigenvalue weighted by atomic mass is 10.2. The van der Waals surface area contributed by atoms with Crippen molar-refractivity contribution in [3.05, 3.63) is 108 Å². The van der Waals surface area contributed by atoms with Crippen molar-refractivity contribution in [1.29, 1.82) is 0 Å². The standard InChI is InChI=1S/C26H17N3O2/c1-2-9-19-18(8-1)16-17-24(27-19)29-21-11-4-6-13-23(21)31-26(29)15-7-14-25-28-20-10-3-5-12-22(20)30-25/h1-17H/p+1. The van der Waals surface area contributed by atoms with Gasteiger partial charge in [0, 0.05) is 23.6 Å². The molecule has 0 saturated carbocycles. The van der Waals surface area contributed by atoms with Crippen molar-refractivity contribution in [2.24, 2.45) is 0 Å². The lowest BCUT2D eigenvalue weighted by molar-refractivity contribution is -0.508. The van der Waals surface area contributed by atoms with E-state index in [0.29, 0.717) is 11.4 Å². The van der Waals surface area contributed by atoms with Crippen molar-refractivity contribution in [3.63, 3.8) is 0 Å². The highest BCUT2D eigenvalue weighted by atomic mass is 16.3. The molecule has 0 fully saturated rings. The molecule has 6 aromatic rings. The minimum absolute atomic E-state index is 0.553. The van der Waals surface area contributed by atoms with E-state index in [1.807, 2.05) is 78.9 Å².